The van der Waals surface area contributed by atoms with Crippen molar-refractivity contribution in [1.29, 1.82) is 0 Å². The second-order valence-corrected chi connectivity index (χ2v) is 11.8. The molecule has 0 fully saturated rings. The molecule has 0 aromatic heterocycles. The van der Waals surface area contributed by atoms with Crippen molar-refractivity contribution in [3.05, 3.63) is 70.8 Å². The van der Waals surface area contributed by atoms with Gasteiger partial charge in [-0.05, 0) is 81.7 Å². The molecule has 0 saturated heterocycles. The van der Waals surface area contributed by atoms with Crippen molar-refractivity contribution in [3.8, 4) is 0 Å². The number of nitrogens with zero attached hydrogens (tertiary/aromatic N) is 1. The molecule has 214 valence electrons. The Morgan fingerprint density at radius 1 is 1.00 bits per heavy atom. The van der Waals surface area contributed by atoms with Gasteiger partial charge in [-0.2, -0.15) is 11.8 Å². The number of benzene rings is 2. The molecule has 0 spiro atoms. The standard InChI is InChI=1S/C31H45N3O4S/c1-8-9-19-34(29(36)25(18-20-39-7)33-30(37)38-31(4,5)6)27(26-22(2)14-13-15-23(26)3)28(35)32-21-24-16-11-10-12-17-24/h10-17,25,27H,8-9,18-21H2,1-7H3,(H,32,35)(H,33,37). The van der Waals surface area contributed by atoms with Gasteiger partial charge in [-0.1, -0.05) is 61.9 Å². The lowest BCUT2D eigenvalue weighted by Crippen LogP contribution is -2.53. The van der Waals surface area contributed by atoms with E-state index in [-0.39, 0.29) is 11.8 Å². The molecule has 2 atom stereocenters. The molecule has 0 heterocycles. The van der Waals surface area contributed by atoms with Gasteiger partial charge in [-0.25, -0.2) is 4.79 Å². The van der Waals surface area contributed by atoms with Gasteiger partial charge in [0.15, 0.2) is 0 Å². The van der Waals surface area contributed by atoms with Gasteiger partial charge in [0, 0.05) is 13.1 Å². The van der Waals surface area contributed by atoms with Crippen LogP contribution < -0.4 is 10.6 Å². The van der Waals surface area contributed by atoms with Crippen LogP contribution in [0.5, 0.6) is 0 Å². The number of hydrogen-bond donors (Lipinski definition) is 2. The number of aryl methyl sites for hydroxylation is 2. The Labute approximate surface area is 238 Å². The summed E-state index contributed by atoms with van der Waals surface area (Å²) in [7, 11) is 0. The van der Waals surface area contributed by atoms with E-state index in [1.165, 1.54) is 0 Å². The van der Waals surface area contributed by atoms with Crippen LogP contribution in [0.15, 0.2) is 48.5 Å². The second kappa shape index (κ2) is 15.6. The Bertz CT molecular complexity index is 1060. The number of rotatable bonds is 13. The molecule has 39 heavy (non-hydrogen) atoms. The van der Waals surface area contributed by atoms with E-state index in [1.54, 1.807) is 37.4 Å². The van der Waals surface area contributed by atoms with Gasteiger partial charge in [-0.3, -0.25) is 9.59 Å². The molecule has 0 radical (unpaired) electrons. The van der Waals surface area contributed by atoms with E-state index >= 15 is 0 Å². The Kier molecular flexibility index (Phi) is 12.8. The number of carbonyl (C=O) groups excluding carboxylic acids is 3. The summed E-state index contributed by atoms with van der Waals surface area (Å²) >= 11 is 1.60. The van der Waals surface area contributed by atoms with Crippen molar-refractivity contribution >= 4 is 29.7 Å². The highest BCUT2D eigenvalue weighted by Gasteiger charge is 2.37. The summed E-state index contributed by atoms with van der Waals surface area (Å²) in [6.45, 7) is 12.1. The first kappa shape index (κ1) is 32.2. The van der Waals surface area contributed by atoms with Crippen LogP contribution in [0.3, 0.4) is 0 Å². The highest BCUT2D eigenvalue weighted by atomic mass is 32.2. The Morgan fingerprint density at radius 2 is 1.64 bits per heavy atom. The van der Waals surface area contributed by atoms with Crippen molar-refractivity contribution in [2.24, 2.45) is 0 Å². The van der Waals surface area contributed by atoms with E-state index in [0.29, 0.717) is 25.3 Å². The quantitative estimate of drug-likeness (QED) is 0.320. The maximum Gasteiger partial charge on any atom is 0.408 e. The van der Waals surface area contributed by atoms with Crippen LogP contribution >= 0.6 is 11.8 Å². The highest BCUT2D eigenvalue weighted by Crippen LogP contribution is 2.29. The van der Waals surface area contributed by atoms with Crippen LogP contribution in [0, 0.1) is 13.8 Å². The number of thioether (sulfide) groups is 1. The molecule has 2 aromatic carbocycles. The summed E-state index contributed by atoms with van der Waals surface area (Å²) in [6, 6.07) is 13.9. The molecule has 2 aromatic rings. The number of unbranched alkanes of at least 4 members (excludes halogenated alkanes) is 1. The Morgan fingerprint density at radius 3 is 2.21 bits per heavy atom. The fourth-order valence-electron chi connectivity index (χ4n) is 4.41. The molecule has 0 saturated carbocycles. The molecule has 0 aliphatic heterocycles. The largest absolute Gasteiger partial charge is 0.444 e. The maximum atomic E-state index is 14.2. The highest BCUT2D eigenvalue weighted by molar-refractivity contribution is 7.98. The van der Waals surface area contributed by atoms with Crippen LogP contribution in [0.25, 0.3) is 0 Å². The van der Waals surface area contributed by atoms with Gasteiger partial charge in [0.1, 0.15) is 17.7 Å². The van der Waals surface area contributed by atoms with Gasteiger partial charge in [0.25, 0.3) is 0 Å². The van der Waals surface area contributed by atoms with E-state index in [1.807, 2.05) is 68.6 Å². The molecular weight excluding hydrogens is 510 g/mol. The third-order valence-electron chi connectivity index (χ3n) is 6.32. The number of hydrogen-bond acceptors (Lipinski definition) is 5. The van der Waals surface area contributed by atoms with Crippen molar-refractivity contribution in [3.63, 3.8) is 0 Å². The summed E-state index contributed by atoms with van der Waals surface area (Å²) < 4.78 is 5.47. The minimum atomic E-state index is -0.842. The number of amides is 3. The molecule has 2 rings (SSSR count). The lowest BCUT2D eigenvalue weighted by atomic mass is 9.93. The van der Waals surface area contributed by atoms with Crippen LogP contribution in [0.4, 0.5) is 4.79 Å². The molecule has 2 N–H and O–H groups in total. The minimum Gasteiger partial charge on any atom is -0.444 e. The van der Waals surface area contributed by atoms with Crippen molar-refractivity contribution < 1.29 is 19.1 Å². The summed E-state index contributed by atoms with van der Waals surface area (Å²) in [4.78, 5) is 42.6. The zero-order chi connectivity index (χ0) is 29.0. The average molecular weight is 556 g/mol. The predicted molar refractivity (Wildman–Crippen MR) is 160 cm³/mol. The zero-order valence-corrected chi connectivity index (χ0v) is 25.3. The summed E-state index contributed by atoms with van der Waals surface area (Å²) in [5.74, 6) is 0.134. The van der Waals surface area contributed by atoms with Crippen LogP contribution in [0.1, 0.15) is 75.3 Å². The van der Waals surface area contributed by atoms with E-state index in [9.17, 15) is 14.4 Å². The Hall–Kier alpha value is -3.00. The molecule has 0 aliphatic rings. The number of carbonyl (C=O) groups is 3. The van der Waals surface area contributed by atoms with Crippen LogP contribution in [-0.2, 0) is 20.9 Å². The summed E-state index contributed by atoms with van der Waals surface area (Å²) in [5, 5.41) is 5.87. The SMILES string of the molecule is CCCCN(C(=O)C(CCSC)NC(=O)OC(C)(C)C)C(C(=O)NCc1ccccc1)c1c(C)cccc1C. The van der Waals surface area contributed by atoms with Gasteiger partial charge in [0.2, 0.25) is 11.8 Å². The second-order valence-electron chi connectivity index (χ2n) is 10.8. The van der Waals surface area contributed by atoms with E-state index < -0.39 is 23.8 Å². The molecule has 2 unspecified atom stereocenters. The van der Waals surface area contributed by atoms with Crippen LogP contribution in [-0.4, -0.2) is 53.0 Å². The van der Waals surface area contributed by atoms with Crippen LogP contribution in [0.2, 0.25) is 0 Å². The van der Waals surface area contributed by atoms with E-state index in [4.69, 9.17) is 4.74 Å². The smallest absolute Gasteiger partial charge is 0.408 e. The Balaban J connectivity index is 2.51. The first-order valence-electron chi connectivity index (χ1n) is 13.6. The fourth-order valence-corrected chi connectivity index (χ4v) is 4.88. The molecule has 8 heteroatoms. The van der Waals surface area contributed by atoms with E-state index in [0.717, 1.165) is 35.1 Å². The predicted octanol–water partition coefficient (Wildman–Crippen LogP) is 5.94. The van der Waals surface area contributed by atoms with Gasteiger partial charge in [-0.15, -0.1) is 0 Å². The third-order valence-corrected chi connectivity index (χ3v) is 6.96. The number of alkyl carbamates (subject to hydrolysis) is 1. The summed E-state index contributed by atoms with van der Waals surface area (Å²) in [6.07, 6.45) is 3.31. The van der Waals surface area contributed by atoms with Gasteiger partial charge < -0.3 is 20.3 Å². The molecular formula is C31H45N3O4S. The van der Waals surface area contributed by atoms with Crippen molar-refractivity contribution in [2.75, 3.05) is 18.6 Å². The minimum absolute atomic E-state index is 0.249. The lowest BCUT2D eigenvalue weighted by Gasteiger charge is -2.36. The number of nitrogens with one attached hydrogen (secondary N) is 2. The van der Waals surface area contributed by atoms with Gasteiger partial charge >= 0.3 is 6.09 Å². The normalized spacial score (nSPS) is 12.8. The zero-order valence-electron chi connectivity index (χ0n) is 24.5. The fraction of sp³-hybridized carbons (Fsp3) is 0.516. The maximum absolute atomic E-state index is 14.2. The molecule has 3 amide bonds. The third kappa shape index (κ3) is 10.2. The van der Waals surface area contributed by atoms with Crippen molar-refractivity contribution in [1.82, 2.24) is 15.5 Å². The number of ether oxygens (including phenoxy) is 1. The molecule has 7 nitrogen and oxygen atoms in total. The first-order chi connectivity index (χ1) is 18.5. The topological polar surface area (TPSA) is 87.7 Å². The molecule has 0 bridgehead atoms. The molecule has 0 aliphatic carbocycles. The van der Waals surface area contributed by atoms with Gasteiger partial charge in [0.05, 0.1) is 0 Å². The monoisotopic (exact) mass is 555 g/mol. The van der Waals surface area contributed by atoms with Crippen molar-refractivity contribution in [2.45, 2.75) is 85.0 Å². The lowest BCUT2D eigenvalue weighted by molar-refractivity contribution is -0.142. The first-order valence-corrected chi connectivity index (χ1v) is 15.0. The van der Waals surface area contributed by atoms with E-state index in [2.05, 4.69) is 17.6 Å². The summed E-state index contributed by atoms with van der Waals surface area (Å²) in [5.41, 5.74) is 2.96. The average Bonchev–Trinajstić information content (AvgIpc) is 2.87.